The monoisotopic (exact) mass is 295 g/mol. The Bertz CT molecular complexity index is 656. The van der Waals surface area contributed by atoms with E-state index in [-0.39, 0.29) is 5.69 Å². The predicted molar refractivity (Wildman–Crippen MR) is 74.9 cm³/mol. The molecule has 2 rings (SSSR count). The fraction of sp³-hybridized carbons (Fsp3) is 0.0714. The number of amides is 2. The van der Waals surface area contributed by atoms with Crippen LogP contribution >= 0.6 is 0 Å². The van der Waals surface area contributed by atoms with E-state index in [4.69, 9.17) is 5.73 Å². The first-order valence-electron chi connectivity index (χ1n) is 5.96. The number of para-hydroxylation sites is 2. The van der Waals surface area contributed by atoms with Crippen molar-refractivity contribution in [2.75, 3.05) is 16.4 Å². The second kappa shape index (κ2) is 5.74. The largest absolute Gasteiger partial charge is 0.416 e. The molecule has 0 aromatic heterocycles. The van der Waals surface area contributed by atoms with Gasteiger partial charge in [-0.1, -0.05) is 18.2 Å². The number of carbonyl (C=O) groups is 1. The molecule has 21 heavy (non-hydrogen) atoms. The van der Waals surface area contributed by atoms with Crippen molar-refractivity contribution < 1.29 is 18.0 Å². The van der Waals surface area contributed by atoms with Crippen LogP contribution in [-0.4, -0.2) is 6.03 Å². The average Bonchev–Trinajstić information content (AvgIpc) is 2.41. The second-order valence-corrected chi connectivity index (χ2v) is 4.24. The summed E-state index contributed by atoms with van der Waals surface area (Å²) in [4.78, 5) is 11.7. The molecule has 0 radical (unpaired) electrons. The van der Waals surface area contributed by atoms with Gasteiger partial charge < -0.3 is 16.4 Å². The minimum absolute atomic E-state index is 0.0387. The third kappa shape index (κ3) is 3.88. The van der Waals surface area contributed by atoms with E-state index in [1.165, 1.54) is 12.1 Å². The molecule has 0 atom stereocenters. The van der Waals surface area contributed by atoms with Gasteiger partial charge in [0.2, 0.25) is 0 Å². The summed E-state index contributed by atoms with van der Waals surface area (Å²) in [5, 5.41) is 4.79. The molecule has 0 bridgehead atoms. The molecule has 0 aliphatic rings. The number of nitrogens with two attached hydrogens (primary N) is 1. The van der Waals surface area contributed by atoms with Crippen LogP contribution in [0.1, 0.15) is 5.56 Å². The molecule has 7 heteroatoms. The summed E-state index contributed by atoms with van der Waals surface area (Å²) in [5.41, 5.74) is 5.59. The lowest BCUT2D eigenvalue weighted by Crippen LogP contribution is -2.20. The van der Waals surface area contributed by atoms with E-state index in [0.717, 1.165) is 12.1 Å². The zero-order chi connectivity index (χ0) is 15.5. The summed E-state index contributed by atoms with van der Waals surface area (Å²) in [5.74, 6) is 0. The normalized spacial score (nSPS) is 11.0. The van der Waals surface area contributed by atoms with Gasteiger partial charge in [-0.25, -0.2) is 4.79 Å². The Hall–Kier alpha value is -2.70. The fourth-order valence-electron chi connectivity index (χ4n) is 1.67. The van der Waals surface area contributed by atoms with Crippen molar-refractivity contribution in [3.05, 3.63) is 54.1 Å². The quantitative estimate of drug-likeness (QED) is 0.735. The number of carbonyl (C=O) groups excluding carboxylic acids is 1. The van der Waals surface area contributed by atoms with Crippen molar-refractivity contribution in [1.29, 1.82) is 0 Å². The fourth-order valence-corrected chi connectivity index (χ4v) is 1.67. The molecule has 0 aliphatic carbocycles. The SMILES string of the molecule is Nc1ccccc1NC(=O)Nc1cccc(C(F)(F)F)c1. The zero-order valence-corrected chi connectivity index (χ0v) is 10.7. The molecule has 2 amide bonds. The molecule has 0 unspecified atom stereocenters. The van der Waals surface area contributed by atoms with E-state index in [1.54, 1.807) is 24.3 Å². The summed E-state index contributed by atoms with van der Waals surface area (Å²) < 4.78 is 37.7. The maximum Gasteiger partial charge on any atom is 0.416 e. The number of alkyl halides is 3. The number of benzene rings is 2. The Morgan fingerprint density at radius 2 is 1.71 bits per heavy atom. The molecule has 110 valence electrons. The van der Waals surface area contributed by atoms with Gasteiger partial charge in [0.25, 0.3) is 0 Å². The number of anilines is 3. The molecular formula is C14H12F3N3O. The topological polar surface area (TPSA) is 67.1 Å². The van der Waals surface area contributed by atoms with Gasteiger partial charge in [0.15, 0.2) is 0 Å². The Labute approximate surface area is 118 Å². The highest BCUT2D eigenvalue weighted by Gasteiger charge is 2.30. The zero-order valence-electron chi connectivity index (χ0n) is 10.7. The summed E-state index contributed by atoms with van der Waals surface area (Å²) in [6.45, 7) is 0. The number of hydrogen-bond acceptors (Lipinski definition) is 2. The van der Waals surface area contributed by atoms with Crippen LogP contribution in [-0.2, 0) is 6.18 Å². The van der Waals surface area contributed by atoms with Gasteiger partial charge in [0, 0.05) is 5.69 Å². The van der Waals surface area contributed by atoms with Crippen molar-refractivity contribution in [3.8, 4) is 0 Å². The minimum atomic E-state index is -4.46. The van der Waals surface area contributed by atoms with Crippen LogP contribution in [0.4, 0.5) is 35.0 Å². The summed E-state index contributed by atoms with van der Waals surface area (Å²) in [6, 6.07) is 10.2. The summed E-state index contributed by atoms with van der Waals surface area (Å²) >= 11 is 0. The first-order chi connectivity index (χ1) is 9.86. The van der Waals surface area contributed by atoms with Gasteiger partial charge in [-0.2, -0.15) is 13.2 Å². The Balaban J connectivity index is 2.08. The van der Waals surface area contributed by atoms with E-state index < -0.39 is 17.8 Å². The van der Waals surface area contributed by atoms with Crippen LogP contribution in [0.5, 0.6) is 0 Å². The van der Waals surface area contributed by atoms with Crippen LogP contribution in [0.2, 0.25) is 0 Å². The Morgan fingerprint density at radius 1 is 1.00 bits per heavy atom. The van der Waals surface area contributed by atoms with Gasteiger partial charge in [-0.3, -0.25) is 0 Å². The number of nitrogen functional groups attached to an aromatic ring is 1. The number of nitrogens with one attached hydrogen (secondary N) is 2. The third-order valence-corrected chi connectivity index (χ3v) is 2.66. The summed E-state index contributed by atoms with van der Waals surface area (Å²) in [6.07, 6.45) is -4.46. The van der Waals surface area contributed by atoms with Gasteiger partial charge >= 0.3 is 12.2 Å². The van der Waals surface area contributed by atoms with Crippen molar-refractivity contribution in [1.82, 2.24) is 0 Å². The predicted octanol–water partition coefficient (Wildman–Crippen LogP) is 3.93. The number of hydrogen-bond donors (Lipinski definition) is 3. The van der Waals surface area contributed by atoms with Crippen LogP contribution in [0.3, 0.4) is 0 Å². The molecule has 2 aromatic rings. The Morgan fingerprint density at radius 3 is 2.38 bits per heavy atom. The maximum atomic E-state index is 12.6. The van der Waals surface area contributed by atoms with Crippen LogP contribution < -0.4 is 16.4 Å². The van der Waals surface area contributed by atoms with Crippen molar-refractivity contribution in [2.45, 2.75) is 6.18 Å². The van der Waals surface area contributed by atoms with Crippen LogP contribution in [0, 0.1) is 0 Å². The average molecular weight is 295 g/mol. The van der Waals surface area contributed by atoms with E-state index >= 15 is 0 Å². The molecule has 0 heterocycles. The highest BCUT2D eigenvalue weighted by atomic mass is 19.4. The highest BCUT2D eigenvalue weighted by molar-refractivity contribution is 6.01. The minimum Gasteiger partial charge on any atom is -0.397 e. The maximum absolute atomic E-state index is 12.6. The van der Waals surface area contributed by atoms with E-state index in [2.05, 4.69) is 10.6 Å². The molecule has 2 aromatic carbocycles. The smallest absolute Gasteiger partial charge is 0.397 e. The molecule has 0 spiro atoms. The number of rotatable bonds is 2. The Kier molecular flexibility index (Phi) is 4.02. The number of halogens is 3. The van der Waals surface area contributed by atoms with Crippen molar-refractivity contribution >= 4 is 23.1 Å². The highest BCUT2D eigenvalue weighted by Crippen LogP contribution is 2.30. The van der Waals surface area contributed by atoms with Crippen LogP contribution in [0.25, 0.3) is 0 Å². The molecule has 0 fully saturated rings. The van der Waals surface area contributed by atoms with E-state index in [0.29, 0.717) is 11.4 Å². The lowest BCUT2D eigenvalue weighted by atomic mass is 10.2. The first-order valence-corrected chi connectivity index (χ1v) is 5.96. The van der Waals surface area contributed by atoms with Crippen molar-refractivity contribution in [3.63, 3.8) is 0 Å². The molecule has 0 saturated carbocycles. The molecule has 4 N–H and O–H groups in total. The summed E-state index contributed by atoms with van der Waals surface area (Å²) in [7, 11) is 0. The lowest BCUT2D eigenvalue weighted by molar-refractivity contribution is -0.137. The van der Waals surface area contributed by atoms with Gasteiger partial charge in [0.05, 0.1) is 16.9 Å². The van der Waals surface area contributed by atoms with Gasteiger partial charge in [-0.15, -0.1) is 0 Å². The van der Waals surface area contributed by atoms with E-state index in [9.17, 15) is 18.0 Å². The molecular weight excluding hydrogens is 283 g/mol. The second-order valence-electron chi connectivity index (χ2n) is 4.24. The standard InChI is InChI=1S/C14H12F3N3O/c15-14(16,17)9-4-3-5-10(8-9)19-13(21)20-12-7-2-1-6-11(12)18/h1-8H,18H2,(H2,19,20,21). The van der Waals surface area contributed by atoms with Gasteiger partial charge in [-0.05, 0) is 30.3 Å². The number of urea groups is 1. The third-order valence-electron chi connectivity index (χ3n) is 2.66. The molecule has 0 saturated heterocycles. The van der Waals surface area contributed by atoms with Crippen molar-refractivity contribution in [2.24, 2.45) is 0 Å². The first kappa shape index (κ1) is 14.7. The van der Waals surface area contributed by atoms with Gasteiger partial charge in [0.1, 0.15) is 0 Å². The van der Waals surface area contributed by atoms with Crippen LogP contribution in [0.15, 0.2) is 48.5 Å². The molecule has 4 nitrogen and oxygen atoms in total. The molecule has 0 aliphatic heterocycles. The van der Waals surface area contributed by atoms with E-state index in [1.807, 2.05) is 0 Å². The lowest BCUT2D eigenvalue weighted by Gasteiger charge is -2.11.